The van der Waals surface area contributed by atoms with Crippen molar-refractivity contribution in [2.45, 2.75) is 52.5 Å². The van der Waals surface area contributed by atoms with Gasteiger partial charge in [-0.15, -0.1) is 21.8 Å². The first kappa shape index (κ1) is 12.5. The molecule has 0 aliphatic heterocycles. The van der Waals surface area contributed by atoms with Gasteiger partial charge in [-0.3, -0.25) is 0 Å². The van der Waals surface area contributed by atoms with Crippen LogP contribution in [-0.2, 0) is 12.4 Å². The minimum Gasteiger partial charge on any atom is -0.313 e. The van der Waals surface area contributed by atoms with Crippen LogP contribution in [0.1, 0.15) is 51.7 Å². The average Bonchev–Trinajstić information content (AvgIpc) is 2.59. The van der Waals surface area contributed by atoms with E-state index in [1.807, 2.05) is 0 Å². The molecule has 0 bridgehead atoms. The number of aromatic nitrogens is 3. The predicted molar refractivity (Wildman–Crippen MR) is 63.1 cm³/mol. The lowest BCUT2D eigenvalue weighted by atomic mass is 10.1. The molecule has 0 aromatic carbocycles. The SMILES string of the molecule is CCC(C)c1nnc(CCl)n1CC(C)C. The van der Waals surface area contributed by atoms with Gasteiger partial charge in [-0.25, -0.2) is 0 Å². The molecule has 1 aromatic rings. The molecular formula is C11H20ClN3. The third-order valence-electron chi connectivity index (χ3n) is 2.58. The molecule has 86 valence electrons. The number of hydrogen-bond acceptors (Lipinski definition) is 2. The minimum absolute atomic E-state index is 0.441. The number of hydrogen-bond donors (Lipinski definition) is 0. The molecule has 0 saturated heterocycles. The molecule has 1 unspecified atom stereocenters. The highest BCUT2D eigenvalue weighted by atomic mass is 35.5. The third kappa shape index (κ3) is 2.94. The summed E-state index contributed by atoms with van der Waals surface area (Å²) in [5.41, 5.74) is 0. The molecule has 0 aliphatic rings. The number of halogens is 1. The van der Waals surface area contributed by atoms with Gasteiger partial charge in [0.1, 0.15) is 11.6 Å². The van der Waals surface area contributed by atoms with Crippen LogP contribution in [0.3, 0.4) is 0 Å². The van der Waals surface area contributed by atoms with Gasteiger partial charge in [-0.2, -0.15) is 0 Å². The molecule has 1 atom stereocenters. The fourth-order valence-corrected chi connectivity index (χ4v) is 1.76. The van der Waals surface area contributed by atoms with Crippen LogP contribution in [0.4, 0.5) is 0 Å². The van der Waals surface area contributed by atoms with Crippen molar-refractivity contribution in [2.75, 3.05) is 0 Å². The summed E-state index contributed by atoms with van der Waals surface area (Å²) in [7, 11) is 0. The first-order valence-electron chi connectivity index (χ1n) is 5.58. The molecule has 0 saturated carbocycles. The van der Waals surface area contributed by atoms with Crippen LogP contribution in [0, 0.1) is 5.92 Å². The van der Waals surface area contributed by atoms with E-state index in [0.717, 1.165) is 24.6 Å². The lowest BCUT2D eigenvalue weighted by Crippen LogP contribution is -2.13. The van der Waals surface area contributed by atoms with Crippen molar-refractivity contribution in [1.82, 2.24) is 14.8 Å². The van der Waals surface area contributed by atoms with E-state index in [4.69, 9.17) is 11.6 Å². The van der Waals surface area contributed by atoms with Gasteiger partial charge in [0.25, 0.3) is 0 Å². The van der Waals surface area contributed by atoms with Crippen LogP contribution in [-0.4, -0.2) is 14.8 Å². The summed E-state index contributed by atoms with van der Waals surface area (Å²) in [4.78, 5) is 0. The van der Waals surface area contributed by atoms with Gasteiger partial charge in [0, 0.05) is 12.5 Å². The Labute approximate surface area is 96.8 Å². The molecule has 0 fully saturated rings. The maximum Gasteiger partial charge on any atom is 0.147 e. The summed E-state index contributed by atoms with van der Waals surface area (Å²) in [5, 5.41) is 8.38. The molecule has 1 rings (SSSR count). The van der Waals surface area contributed by atoms with Crippen molar-refractivity contribution < 1.29 is 0 Å². The van der Waals surface area contributed by atoms with Crippen molar-refractivity contribution in [2.24, 2.45) is 5.92 Å². The Morgan fingerprint density at radius 1 is 1.27 bits per heavy atom. The number of alkyl halides is 1. The van der Waals surface area contributed by atoms with Gasteiger partial charge in [-0.05, 0) is 12.3 Å². The van der Waals surface area contributed by atoms with Crippen molar-refractivity contribution in [3.8, 4) is 0 Å². The van der Waals surface area contributed by atoms with Gasteiger partial charge in [0.2, 0.25) is 0 Å². The molecule has 0 radical (unpaired) electrons. The normalized spacial score (nSPS) is 13.5. The summed E-state index contributed by atoms with van der Waals surface area (Å²) in [6.07, 6.45) is 1.08. The third-order valence-corrected chi connectivity index (χ3v) is 2.82. The zero-order chi connectivity index (χ0) is 11.4. The molecule has 3 nitrogen and oxygen atoms in total. The molecule has 0 spiro atoms. The monoisotopic (exact) mass is 229 g/mol. The summed E-state index contributed by atoms with van der Waals surface area (Å²) >= 11 is 5.85. The van der Waals surface area contributed by atoms with Crippen LogP contribution in [0.25, 0.3) is 0 Å². The van der Waals surface area contributed by atoms with Crippen LogP contribution >= 0.6 is 11.6 Å². The highest BCUT2D eigenvalue weighted by Crippen LogP contribution is 2.19. The average molecular weight is 230 g/mol. The molecular weight excluding hydrogens is 210 g/mol. The van der Waals surface area contributed by atoms with Gasteiger partial charge >= 0.3 is 0 Å². The highest BCUT2D eigenvalue weighted by molar-refractivity contribution is 6.16. The second kappa shape index (κ2) is 5.50. The van der Waals surface area contributed by atoms with Crippen LogP contribution in [0.5, 0.6) is 0 Å². The Morgan fingerprint density at radius 2 is 1.93 bits per heavy atom. The zero-order valence-electron chi connectivity index (χ0n) is 10.00. The van der Waals surface area contributed by atoms with Crippen LogP contribution in [0.2, 0.25) is 0 Å². The smallest absolute Gasteiger partial charge is 0.147 e. The van der Waals surface area contributed by atoms with Crippen molar-refractivity contribution in [3.05, 3.63) is 11.6 Å². The van der Waals surface area contributed by atoms with E-state index in [9.17, 15) is 0 Å². The molecule has 1 aromatic heterocycles. The Kier molecular flexibility index (Phi) is 4.58. The second-order valence-electron chi connectivity index (χ2n) is 4.42. The fourth-order valence-electron chi connectivity index (χ4n) is 1.56. The topological polar surface area (TPSA) is 30.7 Å². The fraction of sp³-hybridized carbons (Fsp3) is 0.818. The Bertz CT molecular complexity index is 307. The van der Waals surface area contributed by atoms with Crippen LogP contribution < -0.4 is 0 Å². The van der Waals surface area contributed by atoms with E-state index < -0.39 is 0 Å². The molecule has 0 N–H and O–H groups in total. The van der Waals surface area contributed by atoms with E-state index in [1.165, 1.54) is 0 Å². The van der Waals surface area contributed by atoms with Crippen molar-refractivity contribution in [3.63, 3.8) is 0 Å². The second-order valence-corrected chi connectivity index (χ2v) is 4.69. The van der Waals surface area contributed by atoms with Crippen molar-refractivity contribution >= 4 is 11.6 Å². The van der Waals surface area contributed by atoms with Crippen molar-refractivity contribution in [1.29, 1.82) is 0 Å². The Balaban J connectivity index is 2.99. The number of rotatable bonds is 5. The zero-order valence-corrected chi connectivity index (χ0v) is 10.8. The first-order valence-corrected chi connectivity index (χ1v) is 6.11. The largest absolute Gasteiger partial charge is 0.313 e. The maximum atomic E-state index is 5.85. The van der Waals surface area contributed by atoms with E-state index in [2.05, 4.69) is 42.5 Å². The quantitative estimate of drug-likeness (QED) is 0.726. The highest BCUT2D eigenvalue weighted by Gasteiger charge is 2.16. The molecule has 1 heterocycles. The summed E-state index contributed by atoms with van der Waals surface area (Å²) in [6, 6.07) is 0. The lowest BCUT2D eigenvalue weighted by molar-refractivity contribution is 0.481. The van der Waals surface area contributed by atoms with E-state index in [1.54, 1.807) is 0 Å². The summed E-state index contributed by atoms with van der Waals surface area (Å²) in [5.74, 6) is 3.44. The minimum atomic E-state index is 0.441. The number of nitrogens with zero attached hydrogens (tertiary/aromatic N) is 3. The molecule has 0 aliphatic carbocycles. The summed E-state index contributed by atoms with van der Waals surface area (Å²) < 4.78 is 2.17. The standard InChI is InChI=1S/C11H20ClN3/c1-5-9(4)11-14-13-10(6-12)15(11)7-8(2)3/h8-9H,5-7H2,1-4H3. The predicted octanol–water partition coefficient (Wildman–Crippen LogP) is 3.19. The van der Waals surface area contributed by atoms with E-state index in [0.29, 0.717) is 17.7 Å². The maximum absolute atomic E-state index is 5.85. The van der Waals surface area contributed by atoms with Gasteiger partial charge in [0.05, 0.1) is 5.88 Å². The summed E-state index contributed by atoms with van der Waals surface area (Å²) in [6.45, 7) is 9.68. The molecule has 15 heavy (non-hydrogen) atoms. The lowest BCUT2D eigenvalue weighted by Gasteiger charge is -2.14. The van der Waals surface area contributed by atoms with E-state index >= 15 is 0 Å². The van der Waals surface area contributed by atoms with E-state index in [-0.39, 0.29) is 0 Å². The van der Waals surface area contributed by atoms with Gasteiger partial charge in [0.15, 0.2) is 0 Å². The van der Waals surface area contributed by atoms with Crippen LogP contribution in [0.15, 0.2) is 0 Å². The molecule has 0 amide bonds. The Hall–Kier alpha value is -0.570. The Morgan fingerprint density at radius 3 is 2.40 bits per heavy atom. The van der Waals surface area contributed by atoms with Gasteiger partial charge in [-0.1, -0.05) is 27.7 Å². The van der Waals surface area contributed by atoms with Gasteiger partial charge < -0.3 is 4.57 Å². The molecule has 4 heteroatoms. The first-order chi connectivity index (χ1) is 7.10.